The molecular formula is C14H12N2O3. The zero-order chi connectivity index (χ0) is 14.1. The van der Waals surface area contributed by atoms with Gasteiger partial charge in [0.25, 0.3) is 0 Å². The molecule has 0 unspecified atom stereocenters. The fourth-order valence-corrected chi connectivity index (χ4v) is 1.25. The maximum absolute atomic E-state index is 11.6. The molecule has 1 aromatic carbocycles. The number of hydrogen-bond donors (Lipinski definition) is 0. The molecule has 0 bridgehead atoms. The lowest BCUT2D eigenvalue weighted by Crippen LogP contribution is -2.11. The van der Waals surface area contributed by atoms with Gasteiger partial charge in [0.2, 0.25) is 0 Å². The highest BCUT2D eigenvalue weighted by Crippen LogP contribution is 2.09. The van der Waals surface area contributed by atoms with Crippen LogP contribution in [-0.2, 0) is 14.3 Å². The van der Waals surface area contributed by atoms with Crippen molar-refractivity contribution in [3.63, 3.8) is 0 Å². The maximum Gasteiger partial charge on any atom is 0.348 e. The van der Waals surface area contributed by atoms with Gasteiger partial charge in [-0.1, -0.05) is 12.1 Å². The summed E-state index contributed by atoms with van der Waals surface area (Å²) in [6.45, 7) is 0.378. The molecular weight excluding hydrogens is 244 g/mol. The topological polar surface area (TPSA) is 83.1 Å². The largest absolute Gasteiger partial charge is 0.459 e. The van der Waals surface area contributed by atoms with Crippen LogP contribution in [0, 0.1) is 22.7 Å². The van der Waals surface area contributed by atoms with E-state index in [0.717, 1.165) is 0 Å². The number of nitrogens with zero attached hydrogens (tertiary/aromatic N) is 2. The molecule has 0 fully saturated rings. The first-order valence-corrected chi connectivity index (χ1v) is 5.49. The van der Waals surface area contributed by atoms with E-state index in [2.05, 4.69) is 0 Å². The van der Waals surface area contributed by atoms with Crippen molar-refractivity contribution in [1.82, 2.24) is 0 Å². The number of carbonyl (C=O) groups excluding carboxylic acids is 1. The number of nitriles is 2. The monoisotopic (exact) mass is 256 g/mol. The molecule has 0 heterocycles. The molecule has 0 aliphatic heterocycles. The Kier molecular flexibility index (Phi) is 5.81. The van der Waals surface area contributed by atoms with Gasteiger partial charge < -0.3 is 9.47 Å². The highest BCUT2D eigenvalue weighted by Gasteiger charge is 2.10. The van der Waals surface area contributed by atoms with Crippen molar-refractivity contribution in [3.05, 3.63) is 41.0 Å². The minimum absolute atomic E-state index is 0.0965. The van der Waals surface area contributed by atoms with Crippen molar-refractivity contribution in [2.45, 2.75) is 0 Å². The second-order valence-corrected chi connectivity index (χ2v) is 3.53. The van der Waals surface area contributed by atoms with Crippen LogP contribution in [0.2, 0.25) is 0 Å². The Morgan fingerprint density at radius 3 is 2.47 bits per heavy atom. The molecule has 96 valence electrons. The molecule has 0 aliphatic carbocycles. The minimum atomic E-state index is -0.691. The summed E-state index contributed by atoms with van der Waals surface area (Å²) in [6, 6.07) is 10.3. The summed E-state index contributed by atoms with van der Waals surface area (Å²) in [5.41, 5.74) is 1.07. The first kappa shape index (κ1) is 14.4. The summed E-state index contributed by atoms with van der Waals surface area (Å²) in [7, 11) is 1.49. The summed E-state index contributed by atoms with van der Waals surface area (Å²) in [5.74, 6) is -0.691. The smallest absolute Gasteiger partial charge is 0.348 e. The number of methoxy groups -OCH3 is 1. The zero-order valence-corrected chi connectivity index (χ0v) is 10.4. The standard InChI is InChI=1S/C14H12N2O3/c1-18-6-7-19-14(17)13(10-16)8-11-2-4-12(9-15)5-3-11/h2-5,8H,6-7H2,1H3/b13-8+. The number of esters is 1. The Hall–Kier alpha value is -2.63. The van der Waals surface area contributed by atoms with Gasteiger partial charge >= 0.3 is 5.97 Å². The second kappa shape index (κ2) is 7.65. The van der Waals surface area contributed by atoms with Crippen LogP contribution in [0.1, 0.15) is 11.1 Å². The Morgan fingerprint density at radius 2 is 1.95 bits per heavy atom. The predicted octanol–water partition coefficient (Wildman–Crippen LogP) is 1.65. The maximum atomic E-state index is 11.6. The van der Waals surface area contributed by atoms with Gasteiger partial charge in [-0.15, -0.1) is 0 Å². The lowest BCUT2D eigenvalue weighted by molar-refractivity contribution is -0.139. The van der Waals surface area contributed by atoms with Crippen LogP contribution in [0.4, 0.5) is 0 Å². The third-order valence-electron chi connectivity index (χ3n) is 2.21. The second-order valence-electron chi connectivity index (χ2n) is 3.53. The van der Waals surface area contributed by atoms with Gasteiger partial charge in [-0.25, -0.2) is 4.79 Å². The van der Waals surface area contributed by atoms with Gasteiger partial charge in [0, 0.05) is 7.11 Å². The SMILES string of the molecule is COCCOC(=O)/C(C#N)=C/c1ccc(C#N)cc1. The highest BCUT2D eigenvalue weighted by atomic mass is 16.6. The molecule has 0 N–H and O–H groups in total. The molecule has 5 heteroatoms. The van der Waals surface area contributed by atoms with Crippen molar-refractivity contribution in [1.29, 1.82) is 10.5 Å². The number of carbonyl (C=O) groups is 1. The van der Waals surface area contributed by atoms with Crippen molar-refractivity contribution in [2.24, 2.45) is 0 Å². The first-order valence-electron chi connectivity index (χ1n) is 5.49. The van der Waals surface area contributed by atoms with Crippen LogP contribution in [0.3, 0.4) is 0 Å². The summed E-state index contributed by atoms with van der Waals surface area (Å²) >= 11 is 0. The van der Waals surface area contributed by atoms with Crippen molar-refractivity contribution < 1.29 is 14.3 Å². The summed E-state index contributed by atoms with van der Waals surface area (Å²) in [5, 5.41) is 17.6. The molecule has 1 rings (SSSR count). The van der Waals surface area contributed by atoms with E-state index < -0.39 is 5.97 Å². The van der Waals surface area contributed by atoms with E-state index in [9.17, 15) is 4.79 Å². The van der Waals surface area contributed by atoms with Gasteiger partial charge in [0.05, 0.1) is 18.2 Å². The van der Waals surface area contributed by atoms with E-state index in [1.54, 1.807) is 30.3 Å². The summed E-state index contributed by atoms with van der Waals surface area (Å²) < 4.78 is 9.58. The van der Waals surface area contributed by atoms with Gasteiger partial charge in [-0.05, 0) is 23.8 Å². The van der Waals surface area contributed by atoms with Crippen molar-refractivity contribution in [3.8, 4) is 12.1 Å². The number of benzene rings is 1. The van der Waals surface area contributed by atoms with E-state index in [0.29, 0.717) is 11.1 Å². The van der Waals surface area contributed by atoms with E-state index in [4.69, 9.17) is 20.0 Å². The molecule has 0 atom stereocenters. The highest BCUT2D eigenvalue weighted by molar-refractivity contribution is 5.97. The third kappa shape index (κ3) is 4.63. The van der Waals surface area contributed by atoms with E-state index in [1.165, 1.54) is 13.2 Å². The Labute approximate surface area is 111 Å². The number of hydrogen-bond acceptors (Lipinski definition) is 5. The first-order chi connectivity index (χ1) is 9.21. The van der Waals surface area contributed by atoms with Gasteiger partial charge in [-0.3, -0.25) is 0 Å². The lowest BCUT2D eigenvalue weighted by atomic mass is 10.1. The zero-order valence-electron chi connectivity index (χ0n) is 10.4. The summed E-state index contributed by atoms with van der Waals surface area (Å²) in [6.07, 6.45) is 1.41. The fourth-order valence-electron chi connectivity index (χ4n) is 1.25. The third-order valence-corrected chi connectivity index (χ3v) is 2.21. The van der Waals surface area contributed by atoms with Crippen LogP contribution in [0.25, 0.3) is 6.08 Å². The molecule has 5 nitrogen and oxygen atoms in total. The Balaban J connectivity index is 2.78. The molecule has 0 saturated carbocycles. The molecule has 0 spiro atoms. The normalized spacial score (nSPS) is 10.4. The Morgan fingerprint density at radius 1 is 1.26 bits per heavy atom. The minimum Gasteiger partial charge on any atom is -0.459 e. The quantitative estimate of drug-likeness (QED) is 0.346. The van der Waals surface area contributed by atoms with Crippen molar-refractivity contribution >= 4 is 12.0 Å². The molecule has 0 saturated heterocycles. The van der Waals surface area contributed by atoms with Crippen LogP contribution in [-0.4, -0.2) is 26.3 Å². The fraction of sp³-hybridized carbons (Fsp3) is 0.214. The van der Waals surface area contributed by atoms with E-state index in [1.807, 2.05) is 6.07 Å². The van der Waals surface area contributed by atoms with Gasteiger partial charge in [0.15, 0.2) is 0 Å². The average molecular weight is 256 g/mol. The van der Waals surface area contributed by atoms with Crippen LogP contribution in [0.15, 0.2) is 29.8 Å². The van der Waals surface area contributed by atoms with Crippen LogP contribution in [0.5, 0.6) is 0 Å². The molecule has 0 radical (unpaired) electrons. The van der Waals surface area contributed by atoms with Crippen LogP contribution < -0.4 is 0 Å². The van der Waals surface area contributed by atoms with E-state index >= 15 is 0 Å². The van der Waals surface area contributed by atoms with Gasteiger partial charge in [0.1, 0.15) is 18.2 Å². The molecule has 19 heavy (non-hydrogen) atoms. The number of ether oxygens (including phenoxy) is 2. The average Bonchev–Trinajstić information content (AvgIpc) is 2.45. The number of rotatable bonds is 5. The lowest BCUT2D eigenvalue weighted by Gasteiger charge is -2.02. The van der Waals surface area contributed by atoms with Crippen LogP contribution >= 0.6 is 0 Å². The molecule has 0 aliphatic rings. The predicted molar refractivity (Wildman–Crippen MR) is 67.6 cm³/mol. The summed E-state index contributed by atoms with van der Waals surface area (Å²) in [4.78, 5) is 11.6. The van der Waals surface area contributed by atoms with Gasteiger partial charge in [-0.2, -0.15) is 10.5 Å². The molecule has 0 aromatic heterocycles. The Bertz CT molecular complexity index is 548. The van der Waals surface area contributed by atoms with Crippen molar-refractivity contribution in [2.75, 3.05) is 20.3 Å². The molecule has 0 amide bonds. The van der Waals surface area contributed by atoms with E-state index in [-0.39, 0.29) is 18.8 Å². The molecule has 1 aromatic rings.